The summed E-state index contributed by atoms with van der Waals surface area (Å²) in [4.78, 5) is 8.37. The van der Waals surface area contributed by atoms with E-state index in [0.717, 1.165) is 36.4 Å². The molecule has 0 aliphatic rings. The summed E-state index contributed by atoms with van der Waals surface area (Å²) in [7, 11) is 0. The third kappa shape index (κ3) is 3.26. The van der Waals surface area contributed by atoms with E-state index in [4.69, 9.17) is 5.11 Å². The molecule has 0 amide bonds. The maximum absolute atomic E-state index is 9.01. The van der Waals surface area contributed by atoms with Crippen LogP contribution in [0.3, 0.4) is 0 Å². The average molecular weight is 282 g/mol. The lowest BCUT2D eigenvalue weighted by atomic mass is 10.1. The quantitative estimate of drug-likeness (QED) is 0.673. The largest absolute Gasteiger partial charge is 0.392 e. The molecule has 0 radical (unpaired) electrons. The van der Waals surface area contributed by atoms with E-state index in [-0.39, 0.29) is 6.61 Å². The van der Waals surface area contributed by atoms with Crippen LogP contribution in [0.5, 0.6) is 0 Å². The minimum absolute atomic E-state index is 0.0989. The first-order valence-corrected chi connectivity index (χ1v) is 7.02. The summed E-state index contributed by atoms with van der Waals surface area (Å²) in [6.45, 7) is 1.78. The zero-order chi connectivity index (χ0) is 14.5. The molecule has 2 heterocycles. The van der Waals surface area contributed by atoms with E-state index < -0.39 is 0 Å². The van der Waals surface area contributed by atoms with Crippen LogP contribution in [-0.2, 0) is 19.6 Å². The maximum atomic E-state index is 9.01. The van der Waals surface area contributed by atoms with Crippen molar-refractivity contribution in [2.75, 3.05) is 6.54 Å². The highest BCUT2D eigenvalue weighted by molar-refractivity contribution is 5.36. The SMILES string of the molecule is OCc1ccc(CCNCc2cnc3cnccn23)cc1. The Hall–Kier alpha value is -2.24. The normalized spacial score (nSPS) is 11.1. The Morgan fingerprint density at radius 1 is 1.10 bits per heavy atom. The highest BCUT2D eigenvalue weighted by atomic mass is 16.3. The number of aliphatic hydroxyl groups is 1. The van der Waals surface area contributed by atoms with Gasteiger partial charge in [-0.05, 0) is 24.1 Å². The molecule has 3 aromatic rings. The van der Waals surface area contributed by atoms with E-state index in [2.05, 4.69) is 27.4 Å². The van der Waals surface area contributed by atoms with Crippen molar-refractivity contribution < 1.29 is 5.11 Å². The van der Waals surface area contributed by atoms with Gasteiger partial charge in [-0.25, -0.2) is 4.98 Å². The van der Waals surface area contributed by atoms with Crippen molar-refractivity contribution in [1.29, 1.82) is 0 Å². The molecule has 21 heavy (non-hydrogen) atoms. The van der Waals surface area contributed by atoms with Crippen LogP contribution >= 0.6 is 0 Å². The minimum Gasteiger partial charge on any atom is -0.392 e. The van der Waals surface area contributed by atoms with E-state index in [9.17, 15) is 0 Å². The molecule has 3 rings (SSSR count). The number of aliphatic hydroxyl groups excluding tert-OH is 1. The molecule has 0 spiro atoms. The van der Waals surface area contributed by atoms with Gasteiger partial charge in [0.2, 0.25) is 0 Å². The standard InChI is InChI=1S/C16H18N4O/c21-12-14-3-1-13(2-4-14)5-6-17-9-15-10-19-16-11-18-7-8-20(15)16/h1-4,7-8,10-11,17,21H,5-6,9,12H2. The van der Waals surface area contributed by atoms with Gasteiger partial charge in [-0.15, -0.1) is 0 Å². The summed E-state index contributed by atoms with van der Waals surface area (Å²) in [6.07, 6.45) is 8.28. The Morgan fingerprint density at radius 2 is 1.90 bits per heavy atom. The monoisotopic (exact) mass is 282 g/mol. The number of fused-ring (bicyclic) bond motifs is 1. The number of nitrogens with zero attached hydrogens (tertiary/aromatic N) is 3. The van der Waals surface area contributed by atoms with Crippen LogP contribution in [0.25, 0.3) is 5.65 Å². The van der Waals surface area contributed by atoms with Gasteiger partial charge in [0.15, 0.2) is 5.65 Å². The summed E-state index contributed by atoms with van der Waals surface area (Å²) in [6, 6.07) is 8.06. The van der Waals surface area contributed by atoms with E-state index >= 15 is 0 Å². The summed E-state index contributed by atoms with van der Waals surface area (Å²) >= 11 is 0. The molecular formula is C16H18N4O. The highest BCUT2D eigenvalue weighted by Crippen LogP contribution is 2.06. The molecule has 108 valence electrons. The molecule has 0 saturated carbocycles. The first-order chi connectivity index (χ1) is 10.4. The smallest absolute Gasteiger partial charge is 0.155 e. The molecular weight excluding hydrogens is 264 g/mol. The fourth-order valence-corrected chi connectivity index (χ4v) is 2.29. The average Bonchev–Trinajstić information content (AvgIpc) is 2.95. The van der Waals surface area contributed by atoms with Gasteiger partial charge in [0.05, 0.1) is 24.7 Å². The van der Waals surface area contributed by atoms with Crippen molar-refractivity contribution in [3.8, 4) is 0 Å². The van der Waals surface area contributed by atoms with Crippen molar-refractivity contribution in [2.24, 2.45) is 0 Å². The predicted molar refractivity (Wildman–Crippen MR) is 80.8 cm³/mol. The number of aromatic nitrogens is 3. The molecule has 0 atom stereocenters. The topological polar surface area (TPSA) is 62.5 Å². The molecule has 1 aromatic carbocycles. The van der Waals surface area contributed by atoms with Crippen LogP contribution in [0, 0.1) is 0 Å². The zero-order valence-corrected chi connectivity index (χ0v) is 11.7. The number of imidazole rings is 1. The van der Waals surface area contributed by atoms with Gasteiger partial charge in [0.25, 0.3) is 0 Å². The number of nitrogens with one attached hydrogen (secondary N) is 1. The molecule has 5 nitrogen and oxygen atoms in total. The first kappa shape index (κ1) is 13.7. The zero-order valence-electron chi connectivity index (χ0n) is 11.7. The fourth-order valence-electron chi connectivity index (χ4n) is 2.29. The lowest BCUT2D eigenvalue weighted by molar-refractivity contribution is 0.282. The third-order valence-corrected chi connectivity index (χ3v) is 3.50. The molecule has 2 aromatic heterocycles. The van der Waals surface area contributed by atoms with Gasteiger partial charge in [-0.3, -0.25) is 9.38 Å². The van der Waals surface area contributed by atoms with Gasteiger partial charge in [0.1, 0.15) is 0 Å². The second-order valence-corrected chi connectivity index (χ2v) is 4.96. The number of hydrogen-bond acceptors (Lipinski definition) is 4. The molecule has 0 saturated heterocycles. The van der Waals surface area contributed by atoms with E-state index in [0.29, 0.717) is 0 Å². The van der Waals surface area contributed by atoms with E-state index in [1.54, 1.807) is 12.4 Å². The van der Waals surface area contributed by atoms with Crippen LogP contribution in [0.1, 0.15) is 16.8 Å². The maximum Gasteiger partial charge on any atom is 0.155 e. The van der Waals surface area contributed by atoms with Crippen LogP contribution < -0.4 is 5.32 Å². The Kier molecular flexibility index (Phi) is 4.23. The minimum atomic E-state index is 0.0989. The first-order valence-electron chi connectivity index (χ1n) is 7.02. The molecule has 0 aliphatic heterocycles. The predicted octanol–water partition coefficient (Wildman–Crippen LogP) is 1.55. The second-order valence-electron chi connectivity index (χ2n) is 4.96. The van der Waals surface area contributed by atoms with Crippen LogP contribution in [-0.4, -0.2) is 26.0 Å². The van der Waals surface area contributed by atoms with Crippen molar-refractivity contribution in [2.45, 2.75) is 19.6 Å². The summed E-state index contributed by atoms with van der Waals surface area (Å²) in [5.41, 5.74) is 4.21. The fraction of sp³-hybridized carbons (Fsp3) is 0.250. The van der Waals surface area contributed by atoms with Crippen molar-refractivity contribution in [3.63, 3.8) is 0 Å². The summed E-state index contributed by atoms with van der Waals surface area (Å²) in [5.74, 6) is 0. The molecule has 5 heteroatoms. The van der Waals surface area contributed by atoms with Crippen LogP contribution in [0.2, 0.25) is 0 Å². The van der Waals surface area contributed by atoms with Crippen molar-refractivity contribution in [3.05, 3.63) is 65.9 Å². The lowest BCUT2D eigenvalue weighted by Gasteiger charge is -2.05. The number of benzene rings is 1. The van der Waals surface area contributed by atoms with Gasteiger partial charge in [0, 0.05) is 18.9 Å². The van der Waals surface area contributed by atoms with Crippen LogP contribution in [0.15, 0.2) is 49.1 Å². The van der Waals surface area contributed by atoms with Gasteiger partial charge < -0.3 is 10.4 Å². The molecule has 0 unspecified atom stereocenters. The Labute approximate surface area is 123 Å². The van der Waals surface area contributed by atoms with Gasteiger partial charge in [-0.1, -0.05) is 24.3 Å². The molecule has 2 N–H and O–H groups in total. The Bertz CT molecular complexity index is 706. The number of rotatable bonds is 6. The highest BCUT2D eigenvalue weighted by Gasteiger charge is 2.02. The van der Waals surface area contributed by atoms with Gasteiger partial charge in [-0.2, -0.15) is 0 Å². The molecule has 0 aliphatic carbocycles. The Morgan fingerprint density at radius 3 is 2.71 bits per heavy atom. The van der Waals surface area contributed by atoms with E-state index in [1.165, 1.54) is 5.56 Å². The second kappa shape index (κ2) is 6.47. The Balaban J connectivity index is 1.51. The lowest BCUT2D eigenvalue weighted by Crippen LogP contribution is -2.17. The van der Waals surface area contributed by atoms with Crippen molar-refractivity contribution >= 4 is 5.65 Å². The molecule has 0 bridgehead atoms. The number of hydrogen-bond donors (Lipinski definition) is 2. The summed E-state index contributed by atoms with van der Waals surface area (Å²) in [5, 5.41) is 12.4. The molecule has 0 fully saturated rings. The van der Waals surface area contributed by atoms with Crippen molar-refractivity contribution in [1.82, 2.24) is 19.7 Å². The van der Waals surface area contributed by atoms with Crippen LogP contribution in [0.4, 0.5) is 0 Å². The third-order valence-electron chi connectivity index (χ3n) is 3.50. The van der Waals surface area contributed by atoms with Gasteiger partial charge >= 0.3 is 0 Å². The summed E-state index contributed by atoms with van der Waals surface area (Å²) < 4.78 is 2.04. The van der Waals surface area contributed by atoms with E-state index in [1.807, 2.05) is 28.9 Å².